The largest absolute Gasteiger partial charge is 0.508 e. The van der Waals surface area contributed by atoms with Crippen molar-refractivity contribution in [3.8, 4) is 5.75 Å². The minimum atomic E-state index is -0.196. The minimum Gasteiger partial charge on any atom is -0.508 e. The van der Waals surface area contributed by atoms with Crippen LogP contribution in [-0.4, -0.2) is 29.8 Å². The molecule has 1 atom stereocenters. The lowest BCUT2D eigenvalue weighted by Crippen LogP contribution is -2.42. The summed E-state index contributed by atoms with van der Waals surface area (Å²) in [5, 5.41) is 15.5. The molecule has 5 nitrogen and oxygen atoms in total. The van der Waals surface area contributed by atoms with Crippen molar-refractivity contribution in [2.75, 3.05) is 18.4 Å². The number of carbonyl (C=O) groups is 1. The predicted molar refractivity (Wildman–Crippen MR) is 64.8 cm³/mol. The van der Waals surface area contributed by atoms with Crippen molar-refractivity contribution in [1.29, 1.82) is 0 Å². The third-order valence-corrected chi connectivity index (χ3v) is 3.13. The number of nitrogens with zero attached hydrogens (tertiary/aromatic N) is 1. The molecule has 1 amide bonds. The number of rotatable bonds is 0. The Hall–Kier alpha value is -1.88. The van der Waals surface area contributed by atoms with Crippen LogP contribution in [0.25, 0.3) is 0 Å². The van der Waals surface area contributed by atoms with Crippen LogP contribution in [-0.2, 0) is 4.79 Å². The Balaban J connectivity index is 2.09. The number of amides is 1. The highest BCUT2D eigenvalue weighted by Crippen LogP contribution is 2.33. The maximum atomic E-state index is 12.0. The molecule has 3 N–H and O–H groups in total. The number of carbonyl (C=O) groups excluding carboxylic acids is 1. The first kappa shape index (κ1) is 10.3. The maximum Gasteiger partial charge on any atom is 0.234 e. The molecule has 88 valence electrons. The van der Waals surface area contributed by atoms with E-state index >= 15 is 0 Å². The first-order valence-electron chi connectivity index (χ1n) is 5.66. The van der Waals surface area contributed by atoms with Gasteiger partial charge in [0.15, 0.2) is 0 Å². The van der Waals surface area contributed by atoms with Crippen molar-refractivity contribution in [2.45, 2.75) is 6.42 Å². The summed E-state index contributed by atoms with van der Waals surface area (Å²) in [4.78, 5) is 16.5. The van der Waals surface area contributed by atoms with Gasteiger partial charge >= 0.3 is 0 Å². The van der Waals surface area contributed by atoms with E-state index in [1.807, 2.05) is 0 Å². The molecule has 2 aliphatic heterocycles. The second kappa shape index (κ2) is 3.85. The SMILES string of the molecule is O=C1Nc2ccc(O)cc2N=C2CCNCC12. The smallest absolute Gasteiger partial charge is 0.234 e. The van der Waals surface area contributed by atoms with Gasteiger partial charge in [0.1, 0.15) is 5.75 Å². The van der Waals surface area contributed by atoms with E-state index in [4.69, 9.17) is 0 Å². The number of aliphatic imine (C=N–C) groups is 1. The maximum absolute atomic E-state index is 12.0. The highest BCUT2D eigenvalue weighted by molar-refractivity contribution is 6.13. The fourth-order valence-corrected chi connectivity index (χ4v) is 2.23. The van der Waals surface area contributed by atoms with E-state index in [-0.39, 0.29) is 17.6 Å². The number of phenolic OH excluding ortho intramolecular Hbond substituents is 1. The van der Waals surface area contributed by atoms with Crippen LogP contribution in [0.4, 0.5) is 11.4 Å². The van der Waals surface area contributed by atoms with Crippen LogP contribution in [0.5, 0.6) is 5.75 Å². The molecule has 1 saturated heterocycles. The molecule has 0 radical (unpaired) electrons. The Morgan fingerprint density at radius 1 is 1.41 bits per heavy atom. The highest BCUT2D eigenvalue weighted by atomic mass is 16.3. The summed E-state index contributed by atoms with van der Waals surface area (Å²) in [6.07, 6.45) is 0.771. The van der Waals surface area contributed by atoms with Gasteiger partial charge in [0.05, 0.1) is 17.3 Å². The van der Waals surface area contributed by atoms with E-state index in [0.717, 1.165) is 18.7 Å². The van der Waals surface area contributed by atoms with Crippen molar-refractivity contribution >= 4 is 23.0 Å². The molecule has 2 aliphatic rings. The van der Waals surface area contributed by atoms with E-state index in [9.17, 15) is 9.90 Å². The quantitative estimate of drug-likeness (QED) is 0.584. The average molecular weight is 231 g/mol. The molecular formula is C12H13N3O2. The van der Waals surface area contributed by atoms with E-state index in [0.29, 0.717) is 17.9 Å². The number of hydrogen-bond donors (Lipinski definition) is 3. The average Bonchev–Trinajstić information content (AvgIpc) is 2.46. The van der Waals surface area contributed by atoms with Crippen molar-refractivity contribution in [1.82, 2.24) is 5.32 Å². The van der Waals surface area contributed by atoms with Crippen LogP contribution in [0.3, 0.4) is 0 Å². The molecule has 0 bridgehead atoms. The van der Waals surface area contributed by atoms with Gasteiger partial charge in [-0.05, 0) is 18.6 Å². The monoisotopic (exact) mass is 231 g/mol. The Bertz CT molecular complexity index is 510. The van der Waals surface area contributed by atoms with Crippen molar-refractivity contribution < 1.29 is 9.90 Å². The standard InChI is InChI=1S/C12H13N3O2/c16-7-1-2-10-11(5-7)14-9-3-4-13-6-8(9)12(17)15-10/h1-2,5,8,13,16H,3-4,6H2,(H,15,17). The van der Waals surface area contributed by atoms with Gasteiger partial charge in [0.2, 0.25) is 5.91 Å². The molecule has 3 rings (SSSR count). The summed E-state index contributed by atoms with van der Waals surface area (Å²) in [5.41, 5.74) is 2.19. The molecule has 0 spiro atoms. The van der Waals surface area contributed by atoms with E-state index in [1.165, 1.54) is 0 Å². The van der Waals surface area contributed by atoms with Gasteiger partial charge in [-0.15, -0.1) is 0 Å². The van der Waals surface area contributed by atoms with Crippen molar-refractivity contribution in [3.05, 3.63) is 18.2 Å². The molecule has 0 saturated carbocycles. The number of phenols is 1. The van der Waals surface area contributed by atoms with Crippen LogP contribution < -0.4 is 10.6 Å². The summed E-state index contributed by atoms with van der Waals surface area (Å²) in [6.45, 7) is 1.47. The zero-order valence-corrected chi connectivity index (χ0v) is 9.23. The van der Waals surface area contributed by atoms with E-state index in [1.54, 1.807) is 18.2 Å². The molecular weight excluding hydrogens is 218 g/mol. The number of benzene rings is 1. The lowest BCUT2D eigenvalue weighted by Gasteiger charge is -2.22. The molecule has 1 aromatic carbocycles. The zero-order chi connectivity index (χ0) is 11.8. The lowest BCUT2D eigenvalue weighted by molar-refractivity contribution is -0.118. The Morgan fingerprint density at radius 3 is 3.18 bits per heavy atom. The summed E-state index contributed by atoms with van der Waals surface area (Å²) >= 11 is 0. The molecule has 1 fully saturated rings. The molecule has 0 aromatic heterocycles. The highest BCUT2D eigenvalue weighted by Gasteiger charge is 2.30. The topological polar surface area (TPSA) is 73.7 Å². The first-order valence-corrected chi connectivity index (χ1v) is 5.66. The zero-order valence-electron chi connectivity index (χ0n) is 9.23. The third-order valence-electron chi connectivity index (χ3n) is 3.13. The predicted octanol–water partition coefficient (Wildman–Crippen LogP) is 1.03. The Morgan fingerprint density at radius 2 is 2.29 bits per heavy atom. The van der Waals surface area contributed by atoms with E-state index < -0.39 is 0 Å². The molecule has 1 unspecified atom stereocenters. The number of anilines is 1. The molecule has 1 aromatic rings. The van der Waals surface area contributed by atoms with Gasteiger partial charge in [0, 0.05) is 24.9 Å². The summed E-state index contributed by atoms with van der Waals surface area (Å²) in [5.74, 6) is -0.0617. The number of fused-ring (bicyclic) bond motifs is 2. The fraction of sp³-hybridized carbons (Fsp3) is 0.333. The second-order valence-electron chi connectivity index (χ2n) is 4.30. The molecule has 2 heterocycles. The molecule has 5 heteroatoms. The number of hydrogen-bond acceptors (Lipinski definition) is 4. The number of nitrogens with one attached hydrogen (secondary N) is 2. The van der Waals surface area contributed by atoms with Gasteiger partial charge < -0.3 is 15.7 Å². The molecule has 0 aliphatic carbocycles. The summed E-state index contributed by atoms with van der Waals surface area (Å²) in [6, 6.07) is 4.80. The van der Waals surface area contributed by atoms with Crippen molar-refractivity contribution in [2.24, 2.45) is 10.9 Å². The van der Waals surface area contributed by atoms with Gasteiger partial charge in [0.25, 0.3) is 0 Å². The normalized spacial score (nSPS) is 22.9. The van der Waals surface area contributed by atoms with Gasteiger partial charge in [-0.2, -0.15) is 0 Å². The molecule has 17 heavy (non-hydrogen) atoms. The lowest BCUT2D eigenvalue weighted by atomic mass is 9.96. The second-order valence-corrected chi connectivity index (χ2v) is 4.30. The van der Waals surface area contributed by atoms with Gasteiger partial charge in [-0.25, -0.2) is 0 Å². The third kappa shape index (κ3) is 1.78. The fourth-order valence-electron chi connectivity index (χ4n) is 2.23. The van der Waals surface area contributed by atoms with Crippen LogP contribution in [0, 0.1) is 5.92 Å². The van der Waals surface area contributed by atoms with E-state index in [2.05, 4.69) is 15.6 Å². The van der Waals surface area contributed by atoms with Crippen LogP contribution in [0.15, 0.2) is 23.2 Å². The first-order chi connectivity index (χ1) is 8.24. The minimum absolute atomic E-state index is 0.0274. The van der Waals surface area contributed by atoms with Crippen LogP contribution in [0.2, 0.25) is 0 Å². The van der Waals surface area contributed by atoms with Crippen LogP contribution in [0.1, 0.15) is 6.42 Å². The summed E-state index contributed by atoms with van der Waals surface area (Å²) < 4.78 is 0. The Kier molecular flexibility index (Phi) is 2.33. The Labute approximate surface area is 98.6 Å². The van der Waals surface area contributed by atoms with Gasteiger partial charge in [-0.3, -0.25) is 9.79 Å². The van der Waals surface area contributed by atoms with Gasteiger partial charge in [-0.1, -0.05) is 0 Å². The van der Waals surface area contributed by atoms with Crippen molar-refractivity contribution in [3.63, 3.8) is 0 Å². The summed E-state index contributed by atoms with van der Waals surface area (Å²) in [7, 11) is 0. The van der Waals surface area contributed by atoms with Crippen LogP contribution >= 0.6 is 0 Å². The number of aromatic hydroxyl groups is 1. The number of piperidine rings is 1.